The SMILES string of the molecule is NC1=NCCC2(S1)c1cc(Br)ccc1Oc1cnc(Cl)cc12. The van der Waals surface area contributed by atoms with E-state index >= 15 is 0 Å². The molecule has 1 aromatic carbocycles. The van der Waals surface area contributed by atoms with E-state index in [0.29, 0.717) is 16.9 Å². The molecule has 3 heterocycles. The van der Waals surface area contributed by atoms with Gasteiger partial charge in [0.15, 0.2) is 10.9 Å². The van der Waals surface area contributed by atoms with Crippen molar-refractivity contribution in [2.45, 2.75) is 11.2 Å². The number of rotatable bonds is 0. The van der Waals surface area contributed by atoms with Gasteiger partial charge in [-0.3, -0.25) is 4.99 Å². The molecule has 0 aliphatic carbocycles. The molecule has 0 amide bonds. The molecule has 0 saturated carbocycles. The predicted octanol–water partition coefficient (Wildman–Crippen LogP) is 4.30. The summed E-state index contributed by atoms with van der Waals surface area (Å²) >= 11 is 11.2. The van der Waals surface area contributed by atoms with Crippen LogP contribution < -0.4 is 10.5 Å². The number of amidine groups is 1. The highest BCUT2D eigenvalue weighted by Gasteiger charge is 2.45. The molecule has 0 bridgehead atoms. The Bertz CT molecular complexity index is 760. The average molecular weight is 397 g/mol. The van der Waals surface area contributed by atoms with Crippen molar-refractivity contribution in [2.75, 3.05) is 6.54 Å². The number of hydrogen-bond acceptors (Lipinski definition) is 5. The van der Waals surface area contributed by atoms with E-state index in [2.05, 4.69) is 32.0 Å². The largest absolute Gasteiger partial charge is 0.455 e. The van der Waals surface area contributed by atoms with E-state index < -0.39 is 0 Å². The molecule has 4 nitrogen and oxygen atoms in total. The third kappa shape index (κ3) is 2.13. The van der Waals surface area contributed by atoms with Gasteiger partial charge in [0.1, 0.15) is 10.9 Å². The normalized spacial score (nSPS) is 22.5. The van der Waals surface area contributed by atoms with E-state index in [4.69, 9.17) is 22.1 Å². The number of nitrogens with two attached hydrogens (primary N) is 1. The molecule has 1 atom stereocenters. The summed E-state index contributed by atoms with van der Waals surface area (Å²) in [4.78, 5) is 8.47. The summed E-state index contributed by atoms with van der Waals surface area (Å²) in [6, 6.07) is 7.87. The molecule has 2 aliphatic heterocycles. The topological polar surface area (TPSA) is 60.5 Å². The summed E-state index contributed by atoms with van der Waals surface area (Å²) in [5, 5.41) is 1.03. The van der Waals surface area contributed by atoms with E-state index in [0.717, 1.165) is 33.5 Å². The minimum Gasteiger partial charge on any atom is -0.455 e. The molecule has 4 rings (SSSR count). The van der Waals surface area contributed by atoms with Crippen LogP contribution in [0.5, 0.6) is 11.5 Å². The van der Waals surface area contributed by atoms with Crippen LogP contribution in [0.1, 0.15) is 17.5 Å². The fraction of sp³-hybridized carbons (Fsp3) is 0.200. The molecular weight excluding hydrogens is 386 g/mol. The van der Waals surface area contributed by atoms with Gasteiger partial charge in [0, 0.05) is 22.1 Å². The predicted molar refractivity (Wildman–Crippen MR) is 92.9 cm³/mol. The van der Waals surface area contributed by atoms with Crippen LogP contribution in [-0.2, 0) is 4.75 Å². The Labute approximate surface area is 145 Å². The van der Waals surface area contributed by atoms with Crippen molar-refractivity contribution >= 4 is 44.5 Å². The monoisotopic (exact) mass is 395 g/mol. The number of benzene rings is 1. The van der Waals surface area contributed by atoms with Crippen molar-refractivity contribution in [3.05, 3.63) is 51.2 Å². The van der Waals surface area contributed by atoms with Gasteiger partial charge in [-0.05, 0) is 30.7 Å². The molecule has 1 spiro atoms. The first-order valence-electron chi connectivity index (χ1n) is 6.71. The summed E-state index contributed by atoms with van der Waals surface area (Å²) in [6.45, 7) is 0.671. The van der Waals surface area contributed by atoms with Crippen molar-refractivity contribution in [3.63, 3.8) is 0 Å². The van der Waals surface area contributed by atoms with E-state index in [1.54, 1.807) is 18.0 Å². The number of nitrogens with zero attached hydrogens (tertiary/aromatic N) is 2. The molecule has 0 saturated heterocycles. The molecule has 2 N–H and O–H groups in total. The summed E-state index contributed by atoms with van der Waals surface area (Å²) in [6.07, 6.45) is 2.51. The van der Waals surface area contributed by atoms with Gasteiger partial charge in [-0.25, -0.2) is 4.98 Å². The minimum absolute atomic E-state index is 0.342. The fourth-order valence-electron chi connectivity index (χ4n) is 2.95. The van der Waals surface area contributed by atoms with Gasteiger partial charge in [-0.1, -0.05) is 39.3 Å². The molecule has 2 aromatic rings. The zero-order valence-electron chi connectivity index (χ0n) is 11.3. The second kappa shape index (κ2) is 5.15. The molecule has 0 fully saturated rings. The number of aromatic nitrogens is 1. The first-order valence-corrected chi connectivity index (χ1v) is 8.70. The number of aliphatic imine (C=N–C) groups is 1. The quantitative estimate of drug-likeness (QED) is 0.675. The highest BCUT2D eigenvalue weighted by atomic mass is 79.9. The third-order valence-corrected chi connectivity index (χ3v) is 5.91. The molecule has 2 aliphatic rings. The zero-order valence-corrected chi connectivity index (χ0v) is 14.5. The maximum Gasteiger partial charge on any atom is 0.155 e. The van der Waals surface area contributed by atoms with Crippen molar-refractivity contribution < 1.29 is 4.74 Å². The second-order valence-corrected chi connectivity index (χ2v) is 7.77. The Morgan fingerprint density at radius 2 is 2.09 bits per heavy atom. The number of fused-ring (bicyclic) bond motifs is 4. The molecule has 1 aromatic heterocycles. The maximum absolute atomic E-state index is 6.13. The van der Waals surface area contributed by atoms with Gasteiger partial charge < -0.3 is 10.5 Å². The fourth-order valence-corrected chi connectivity index (χ4v) is 4.71. The van der Waals surface area contributed by atoms with Crippen LogP contribution in [0.2, 0.25) is 5.15 Å². The summed E-state index contributed by atoms with van der Waals surface area (Å²) in [5.41, 5.74) is 8.13. The van der Waals surface area contributed by atoms with Gasteiger partial charge in [-0.15, -0.1) is 0 Å². The highest BCUT2D eigenvalue weighted by molar-refractivity contribution is 9.10. The molecule has 22 heavy (non-hydrogen) atoms. The Morgan fingerprint density at radius 1 is 1.27 bits per heavy atom. The average Bonchev–Trinajstić information content (AvgIpc) is 2.49. The maximum atomic E-state index is 6.13. The van der Waals surface area contributed by atoms with Gasteiger partial charge >= 0.3 is 0 Å². The standard InChI is InChI=1S/C15H11BrClN3OS/c16-8-1-2-11-9(5-8)15(3-4-19-14(18)22-15)10-6-13(17)20-7-12(10)21-11/h1-2,5-7H,3-4H2,(H2,18,19). The van der Waals surface area contributed by atoms with Gasteiger partial charge in [-0.2, -0.15) is 0 Å². The lowest BCUT2D eigenvalue weighted by Crippen LogP contribution is -2.35. The van der Waals surface area contributed by atoms with Crippen molar-refractivity contribution in [2.24, 2.45) is 10.7 Å². The molecule has 1 unspecified atom stereocenters. The van der Waals surface area contributed by atoms with Crippen LogP contribution in [0.15, 0.2) is 39.9 Å². The molecule has 7 heteroatoms. The zero-order chi connectivity index (χ0) is 15.3. The molecule has 112 valence electrons. The molecular formula is C15H11BrClN3OS. The van der Waals surface area contributed by atoms with Gasteiger partial charge in [0.05, 0.1) is 10.9 Å². The van der Waals surface area contributed by atoms with E-state index in [9.17, 15) is 0 Å². The summed E-state index contributed by atoms with van der Waals surface area (Å²) < 4.78 is 6.67. The third-order valence-electron chi connectivity index (χ3n) is 3.88. The van der Waals surface area contributed by atoms with Crippen molar-refractivity contribution in [1.29, 1.82) is 0 Å². The lowest BCUT2D eigenvalue weighted by Gasteiger charge is -2.40. The van der Waals surface area contributed by atoms with E-state index in [1.807, 2.05) is 18.2 Å². The highest BCUT2D eigenvalue weighted by Crippen LogP contribution is 2.57. The number of thioether (sulfide) groups is 1. The van der Waals surface area contributed by atoms with Crippen LogP contribution >= 0.6 is 39.3 Å². The van der Waals surface area contributed by atoms with E-state index in [-0.39, 0.29) is 4.75 Å². The molecule has 0 radical (unpaired) electrons. The van der Waals surface area contributed by atoms with E-state index in [1.165, 1.54) is 0 Å². The second-order valence-electron chi connectivity index (χ2n) is 5.14. The van der Waals surface area contributed by atoms with Crippen LogP contribution in [0.4, 0.5) is 0 Å². The summed E-state index contributed by atoms with van der Waals surface area (Å²) in [7, 11) is 0. The van der Waals surface area contributed by atoms with Crippen molar-refractivity contribution in [1.82, 2.24) is 4.98 Å². The van der Waals surface area contributed by atoms with Gasteiger partial charge in [0.25, 0.3) is 0 Å². The number of hydrogen-bond donors (Lipinski definition) is 1. The van der Waals surface area contributed by atoms with Crippen LogP contribution in [0.3, 0.4) is 0 Å². The lowest BCUT2D eigenvalue weighted by atomic mass is 9.85. The number of halogens is 2. The number of pyridine rings is 1. The van der Waals surface area contributed by atoms with Gasteiger partial charge in [0.2, 0.25) is 0 Å². The number of ether oxygens (including phenoxy) is 1. The van der Waals surface area contributed by atoms with Crippen LogP contribution in [0, 0.1) is 0 Å². The van der Waals surface area contributed by atoms with Crippen LogP contribution in [0.25, 0.3) is 0 Å². The van der Waals surface area contributed by atoms with Crippen molar-refractivity contribution in [3.8, 4) is 11.5 Å². The Balaban J connectivity index is 2.01. The Kier molecular flexibility index (Phi) is 3.36. The Morgan fingerprint density at radius 3 is 2.91 bits per heavy atom. The minimum atomic E-state index is -0.342. The first-order chi connectivity index (χ1) is 10.6. The first kappa shape index (κ1) is 14.4. The lowest BCUT2D eigenvalue weighted by molar-refractivity contribution is 0.429. The smallest absolute Gasteiger partial charge is 0.155 e. The Hall–Kier alpha value is -1.24. The summed E-state index contributed by atoms with van der Waals surface area (Å²) in [5.74, 6) is 1.54. The van der Waals surface area contributed by atoms with Crippen LogP contribution in [-0.4, -0.2) is 16.7 Å².